The summed E-state index contributed by atoms with van der Waals surface area (Å²) in [6.45, 7) is 0.0302. The number of carbonyl (C=O) groups excluding carboxylic acids is 2. The number of para-hydroxylation sites is 2. The molecule has 0 bridgehead atoms. The number of esters is 1. The molecule has 148 valence electrons. The molecule has 2 heterocycles. The summed E-state index contributed by atoms with van der Waals surface area (Å²) < 4.78 is 19.7. The molecule has 1 amide bonds. The molecule has 4 rings (SSSR count). The zero-order valence-corrected chi connectivity index (χ0v) is 16.5. The molecule has 29 heavy (non-hydrogen) atoms. The average Bonchev–Trinajstić information content (AvgIpc) is 3.27. The molecule has 2 aromatic carbocycles. The lowest BCUT2D eigenvalue weighted by molar-refractivity contribution is -0.148. The van der Waals surface area contributed by atoms with Crippen LogP contribution in [0.3, 0.4) is 0 Å². The van der Waals surface area contributed by atoms with Crippen molar-refractivity contribution < 1.29 is 23.8 Å². The van der Waals surface area contributed by atoms with E-state index < -0.39 is 12.1 Å². The summed E-state index contributed by atoms with van der Waals surface area (Å²) in [5.74, 6) is 0.282. The van der Waals surface area contributed by atoms with E-state index in [-0.39, 0.29) is 12.5 Å². The van der Waals surface area contributed by atoms with E-state index in [1.807, 2.05) is 12.1 Å². The van der Waals surface area contributed by atoms with Crippen LogP contribution < -0.4 is 14.4 Å². The number of benzene rings is 2. The second kappa shape index (κ2) is 7.88. The van der Waals surface area contributed by atoms with Crippen molar-refractivity contribution in [1.29, 1.82) is 0 Å². The van der Waals surface area contributed by atoms with Gasteiger partial charge in [-0.3, -0.25) is 9.69 Å². The number of amides is 1. The van der Waals surface area contributed by atoms with Gasteiger partial charge in [0.1, 0.15) is 22.1 Å². The Morgan fingerprint density at radius 2 is 1.90 bits per heavy atom. The molecule has 9 heteroatoms. The van der Waals surface area contributed by atoms with Crippen LogP contribution in [-0.2, 0) is 9.53 Å². The van der Waals surface area contributed by atoms with E-state index in [2.05, 4.69) is 9.59 Å². The minimum absolute atomic E-state index is 0.0302. The highest BCUT2D eigenvalue weighted by molar-refractivity contribution is 7.08. The lowest BCUT2D eigenvalue weighted by Crippen LogP contribution is -2.47. The van der Waals surface area contributed by atoms with Crippen molar-refractivity contribution in [3.63, 3.8) is 0 Å². The normalized spacial score (nSPS) is 15.2. The maximum Gasteiger partial charge on any atom is 0.348 e. The van der Waals surface area contributed by atoms with E-state index >= 15 is 0 Å². The first-order valence-corrected chi connectivity index (χ1v) is 9.52. The first kappa shape index (κ1) is 18.9. The molecule has 0 fully saturated rings. The van der Waals surface area contributed by atoms with E-state index in [4.69, 9.17) is 14.2 Å². The smallest absolute Gasteiger partial charge is 0.348 e. The largest absolute Gasteiger partial charge is 0.497 e. The first-order chi connectivity index (χ1) is 14.1. The van der Waals surface area contributed by atoms with Crippen LogP contribution in [0.1, 0.15) is 9.67 Å². The highest BCUT2D eigenvalue weighted by Crippen LogP contribution is 2.36. The summed E-state index contributed by atoms with van der Waals surface area (Å²) in [4.78, 5) is 27.4. The molecule has 0 saturated carbocycles. The Hall–Kier alpha value is -3.46. The molecule has 0 saturated heterocycles. The molecule has 1 aliphatic heterocycles. The number of fused-ring (bicyclic) bond motifs is 1. The van der Waals surface area contributed by atoms with Gasteiger partial charge in [0.15, 0.2) is 0 Å². The quantitative estimate of drug-likeness (QED) is 0.610. The molecule has 8 nitrogen and oxygen atoms in total. The molecular formula is C20H17N3O5S. The molecule has 0 spiro atoms. The second-order valence-electron chi connectivity index (χ2n) is 6.19. The van der Waals surface area contributed by atoms with E-state index in [1.165, 1.54) is 12.0 Å². The molecule has 0 aliphatic carbocycles. The molecule has 0 radical (unpaired) electrons. The van der Waals surface area contributed by atoms with Gasteiger partial charge in [-0.1, -0.05) is 16.6 Å². The molecule has 1 aromatic heterocycles. The zero-order chi connectivity index (χ0) is 20.4. The Bertz CT molecular complexity index is 1050. The third kappa shape index (κ3) is 3.52. The van der Waals surface area contributed by atoms with E-state index in [1.54, 1.807) is 43.5 Å². The number of carbonyl (C=O) groups is 2. The number of nitrogens with zero attached hydrogens (tertiary/aromatic N) is 3. The lowest BCUT2D eigenvalue weighted by Gasteiger charge is -2.33. The van der Waals surface area contributed by atoms with Crippen LogP contribution in [0.5, 0.6) is 11.5 Å². The van der Waals surface area contributed by atoms with Crippen molar-refractivity contribution in [3.8, 4) is 22.8 Å². The summed E-state index contributed by atoms with van der Waals surface area (Å²) in [6.07, 6.45) is -0.913. The maximum atomic E-state index is 13.4. The topological polar surface area (TPSA) is 90.9 Å². The summed E-state index contributed by atoms with van der Waals surface area (Å²) in [5, 5.41) is 4.14. The molecular weight excluding hydrogens is 394 g/mol. The highest BCUT2D eigenvalue weighted by Gasteiger charge is 2.36. The molecule has 0 unspecified atom stereocenters. The van der Waals surface area contributed by atoms with Gasteiger partial charge in [0, 0.05) is 5.56 Å². The minimum atomic E-state index is -0.913. The SMILES string of the molecule is COC(=O)[C@@H]1CN(C(=O)c2snnc2-c2ccc(OC)cc2)c2ccccc2O1. The third-order valence-electron chi connectivity index (χ3n) is 4.53. The number of hydrogen-bond acceptors (Lipinski definition) is 8. The number of methoxy groups -OCH3 is 2. The number of rotatable bonds is 4. The number of hydrogen-bond donors (Lipinski definition) is 0. The van der Waals surface area contributed by atoms with Crippen LogP contribution in [0, 0.1) is 0 Å². The van der Waals surface area contributed by atoms with Gasteiger partial charge in [0.05, 0.1) is 26.5 Å². The highest BCUT2D eigenvalue weighted by atomic mass is 32.1. The Labute approximate surface area is 170 Å². The standard InChI is InChI=1S/C20H17N3O5S/c1-26-13-9-7-12(8-10-13)17-18(29-22-21-17)19(24)23-11-16(20(25)27-2)28-15-6-4-3-5-14(15)23/h3-10,16H,11H2,1-2H3/t16-/m0/s1. The summed E-state index contributed by atoms with van der Waals surface area (Å²) in [5.41, 5.74) is 1.79. The number of aromatic nitrogens is 2. The maximum absolute atomic E-state index is 13.4. The van der Waals surface area contributed by atoms with Crippen molar-refractivity contribution >= 4 is 29.1 Å². The van der Waals surface area contributed by atoms with E-state index in [9.17, 15) is 9.59 Å². The fraction of sp³-hybridized carbons (Fsp3) is 0.200. The van der Waals surface area contributed by atoms with Crippen molar-refractivity contribution in [1.82, 2.24) is 9.59 Å². The van der Waals surface area contributed by atoms with Crippen LogP contribution in [-0.4, -0.2) is 48.3 Å². The molecule has 1 aliphatic rings. The predicted molar refractivity (Wildman–Crippen MR) is 106 cm³/mol. The summed E-state index contributed by atoms with van der Waals surface area (Å²) in [7, 11) is 2.87. The Kier molecular flexibility index (Phi) is 5.13. The van der Waals surface area contributed by atoms with Gasteiger partial charge in [-0.25, -0.2) is 4.79 Å². The van der Waals surface area contributed by atoms with Crippen LogP contribution in [0.2, 0.25) is 0 Å². The molecule has 0 N–H and O–H groups in total. The molecule has 3 aromatic rings. The number of ether oxygens (including phenoxy) is 3. The van der Waals surface area contributed by atoms with Gasteiger partial charge < -0.3 is 14.2 Å². The third-order valence-corrected chi connectivity index (χ3v) is 5.24. The summed E-state index contributed by atoms with van der Waals surface area (Å²) in [6, 6.07) is 14.3. The van der Waals surface area contributed by atoms with Crippen molar-refractivity contribution in [2.75, 3.05) is 25.7 Å². The minimum Gasteiger partial charge on any atom is -0.497 e. The van der Waals surface area contributed by atoms with Gasteiger partial charge in [0.25, 0.3) is 5.91 Å². The van der Waals surface area contributed by atoms with Gasteiger partial charge in [-0.2, -0.15) is 0 Å². The fourth-order valence-corrected chi connectivity index (χ4v) is 3.71. The van der Waals surface area contributed by atoms with Crippen LogP contribution >= 0.6 is 11.5 Å². The lowest BCUT2D eigenvalue weighted by atomic mass is 10.1. The number of anilines is 1. The fourth-order valence-electron chi connectivity index (χ4n) is 3.07. The Balaban J connectivity index is 1.71. The van der Waals surface area contributed by atoms with Gasteiger partial charge in [0.2, 0.25) is 6.10 Å². The Morgan fingerprint density at radius 3 is 2.62 bits per heavy atom. The Morgan fingerprint density at radius 1 is 1.14 bits per heavy atom. The van der Waals surface area contributed by atoms with E-state index in [0.717, 1.165) is 17.1 Å². The zero-order valence-electron chi connectivity index (χ0n) is 15.7. The van der Waals surface area contributed by atoms with Crippen LogP contribution in [0.15, 0.2) is 48.5 Å². The monoisotopic (exact) mass is 411 g/mol. The summed E-state index contributed by atoms with van der Waals surface area (Å²) >= 11 is 1.01. The average molecular weight is 411 g/mol. The molecule has 1 atom stereocenters. The predicted octanol–water partition coefficient (Wildman–Crippen LogP) is 2.79. The van der Waals surface area contributed by atoms with Crippen molar-refractivity contribution in [3.05, 3.63) is 53.4 Å². The van der Waals surface area contributed by atoms with Crippen LogP contribution in [0.25, 0.3) is 11.3 Å². The van der Waals surface area contributed by atoms with Gasteiger partial charge in [-0.15, -0.1) is 5.10 Å². The van der Waals surface area contributed by atoms with Crippen molar-refractivity contribution in [2.24, 2.45) is 0 Å². The van der Waals surface area contributed by atoms with Crippen molar-refractivity contribution in [2.45, 2.75) is 6.10 Å². The van der Waals surface area contributed by atoms with Crippen LogP contribution in [0.4, 0.5) is 5.69 Å². The second-order valence-corrected chi connectivity index (χ2v) is 6.95. The van der Waals surface area contributed by atoms with E-state index in [0.29, 0.717) is 27.8 Å². The first-order valence-electron chi connectivity index (χ1n) is 8.74. The van der Waals surface area contributed by atoms with Gasteiger partial charge >= 0.3 is 5.97 Å². The van der Waals surface area contributed by atoms with Gasteiger partial charge in [-0.05, 0) is 47.9 Å².